The van der Waals surface area contributed by atoms with E-state index >= 15 is 0 Å². The molecule has 2 rings (SSSR count). The maximum absolute atomic E-state index is 11.3. The van der Waals surface area contributed by atoms with Gasteiger partial charge in [0.05, 0.1) is 0 Å². The van der Waals surface area contributed by atoms with Gasteiger partial charge in [0.2, 0.25) is 5.88 Å². The van der Waals surface area contributed by atoms with E-state index in [1.807, 2.05) is 19.1 Å². The zero-order chi connectivity index (χ0) is 13.8. The highest BCUT2D eigenvalue weighted by Crippen LogP contribution is 2.24. The zero-order valence-corrected chi connectivity index (χ0v) is 10.6. The summed E-state index contributed by atoms with van der Waals surface area (Å²) >= 11 is 0. The summed E-state index contributed by atoms with van der Waals surface area (Å²) in [6, 6.07) is 10.6. The SMILES string of the molecule is Cc1ccc(C(N)=O)c(Oc2cccc(CN)c2)n1. The molecule has 0 radical (unpaired) electrons. The fraction of sp³-hybridized carbons (Fsp3) is 0.143. The number of aromatic nitrogens is 1. The summed E-state index contributed by atoms with van der Waals surface area (Å²) in [6.07, 6.45) is 0. The van der Waals surface area contributed by atoms with E-state index in [4.69, 9.17) is 16.2 Å². The van der Waals surface area contributed by atoms with Crippen LogP contribution in [0.25, 0.3) is 0 Å². The van der Waals surface area contributed by atoms with Gasteiger partial charge in [0.25, 0.3) is 5.91 Å². The van der Waals surface area contributed by atoms with Crippen LogP contribution in [-0.4, -0.2) is 10.9 Å². The lowest BCUT2D eigenvalue weighted by atomic mass is 10.2. The molecule has 19 heavy (non-hydrogen) atoms. The number of benzene rings is 1. The third kappa shape index (κ3) is 3.08. The molecule has 0 spiro atoms. The molecular formula is C14H15N3O2. The summed E-state index contributed by atoms with van der Waals surface area (Å²) < 4.78 is 5.63. The molecule has 1 aromatic heterocycles. The molecule has 0 aliphatic rings. The standard InChI is InChI=1S/C14H15N3O2/c1-9-5-6-12(13(16)18)14(17-9)19-11-4-2-3-10(7-11)8-15/h2-7H,8,15H2,1H3,(H2,16,18). The van der Waals surface area contributed by atoms with Crippen LogP contribution in [0.3, 0.4) is 0 Å². The van der Waals surface area contributed by atoms with Crippen molar-refractivity contribution in [3.63, 3.8) is 0 Å². The molecular weight excluding hydrogens is 242 g/mol. The maximum atomic E-state index is 11.3. The van der Waals surface area contributed by atoms with Crippen molar-refractivity contribution in [1.82, 2.24) is 4.98 Å². The Hall–Kier alpha value is -2.40. The van der Waals surface area contributed by atoms with Crippen LogP contribution in [-0.2, 0) is 6.54 Å². The number of nitrogens with zero attached hydrogens (tertiary/aromatic N) is 1. The van der Waals surface area contributed by atoms with Gasteiger partial charge in [0.1, 0.15) is 11.3 Å². The largest absolute Gasteiger partial charge is 0.438 e. The third-order valence-electron chi connectivity index (χ3n) is 2.61. The van der Waals surface area contributed by atoms with Crippen molar-refractivity contribution in [3.8, 4) is 11.6 Å². The number of amides is 1. The van der Waals surface area contributed by atoms with Gasteiger partial charge < -0.3 is 16.2 Å². The number of hydrogen-bond donors (Lipinski definition) is 2. The smallest absolute Gasteiger partial charge is 0.254 e. The normalized spacial score (nSPS) is 10.2. The number of ether oxygens (including phenoxy) is 1. The Morgan fingerprint density at radius 3 is 2.79 bits per heavy atom. The first-order valence-electron chi connectivity index (χ1n) is 5.84. The van der Waals surface area contributed by atoms with Gasteiger partial charge in [0.15, 0.2) is 0 Å². The molecule has 1 aromatic carbocycles. The van der Waals surface area contributed by atoms with Crippen LogP contribution < -0.4 is 16.2 Å². The van der Waals surface area contributed by atoms with Crippen LogP contribution in [0.2, 0.25) is 0 Å². The van der Waals surface area contributed by atoms with E-state index in [0.717, 1.165) is 11.3 Å². The van der Waals surface area contributed by atoms with Gasteiger partial charge in [-0.2, -0.15) is 0 Å². The lowest BCUT2D eigenvalue weighted by Crippen LogP contribution is -2.13. The van der Waals surface area contributed by atoms with Gasteiger partial charge in [-0.1, -0.05) is 12.1 Å². The number of primary amides is 1. The lowest BCUT2D eigenvalue weighted by Gasteiger charge is -2.09. The molecule has 0 aliphatic carbocycles. The summed E-state index contributed by atoms with van der Waals surface area (Å²) in [5, 5.41) is 0. The van der Waals surface area contributed by atoms with E-state index in [2.05, 4.69) is 4.98 Å². The van der Waals surface area contributed by atoms with E-state index < -0.39 is 5.91 Å². The van der Waals surface area contributed by atoms with Crippen molar-refractivity contribution in [1.29, 1.82) is 0 Å². The molecule has 0 aliphatic heterocycles. The van der Waals surface area contributed by atoms with Crippen molar-refractivity contribution >= 4 is 5.91 Å². The van der Waals surface area contributed by atoms with Crippen LogP contribution in [0.5, 0.6) is 11.6 Å². The monoisotopic (exact) mass is 257 g/mol. The average Bonchev–Trinajstić information content (AvgIpc) is 2.38. The fourth-order valence-corrected chi connectivity index (χ4v) is 1.65. The predicted molar refractivity (Wildman–Crippen MR) is 71.9 cm³/mol. The summed E-state index contributed by atoms with van der Waals surface area (Å²) in [7, 11) is 0. The number of aryl methyl sites for hydroxylation is 1. The Morgan fingerprint density at radius 2 is 2.11 bits per heavy atom. The van der Waals surface area contributed by atoms with Crippen molar-refractivity contribution in [2.45, 2.75) is 13.5 Å². The molecule has 5 nitrogen and oxygen atoms in total. The van der Waals surface area contributed by atoms with E-state index in [-0.39, 0.29) is 11.4 Å². The Morgan fingerprint density at radius 1 is 1.32 bits per heavy atom. The summed E-state index contributed by atoms with van der Waals surface area (Å²) in [5.74, 6) is 0.211. The number of carbonyl (C=O) groups excluding carboxylic acids is 1. The van der Waals surface area contributed by atoms with Gasteiger partial charge >= 0.3 is 0 Å². The molecule has 0 unspecified atom stereocenters. The Bertz CT molecular complexity index is 611. The number of pyridine rings is 1. The van der Waals surface area contributed by atoms with Crippen LogP contribution in [0.15, 0.2) is 36.4 Å². The van der Waals surface area contributed by atoms with Gasteiger partial charge in [-0.15, -0.1) is 0 Å². The van der Waals surface area contributed by atoms with Gasteiger partial charge in [-0.25, -0.2) is 4.98 Å². The van der Waals surface area contributed by atoms with Crippen molar-refractivity contribution < 1.29 is 9.53 Å². The van der Waals surface area contributed by atoms with Crippen LogP contribution in [0.1, 0.15) is 21.6 Å². The molecule has 5 heteroatoms. The van der Waals surface area contributed by atoms with E-state index in [9.17, 15) is 4.79 Å². The minimum Gasteiger partial charge on any atom is -0.438 e. The van der Waals surface area contributed by atoms with E-state index in [0.29, 0.717) is 12.3 Å². The second kappa shape index (κ2) is 5.49. The van der Waals surface area contributed by atoms with E-state index in [1.54, 1.807) is 24.3 Å². The maximum Gasteiger partial charge on any atom is 0.254 e. The highest BCUT2D eigenvalue weighted by atomic mass is 16.5. The van der Waals surface area contributed by atoms with Crippen LogP contribution in [0.4, 0.5) is 0 Å². The third-order valence-corrected chi connectivity index (χ3v) is 2.61. The number of hydrogen-bond acceptors (Lipinski definition) is 4. The Labute approximate surface area is 111 Å². The minimum atomic E-state index is -0.572. The molecule has 2 aromatic rings. The molecule has 0 saturated heterocycles. The Balaban J connectivity index is 2.36. The summed E-state index contributed by atoms with van der Waals surface area (Å²) in [4.78, 5) is 15.5. The highest BCUT2D eigenvalue weighted by molar-refractivity contribution is 5.95. The Kier molecular flexibility index (Phi) is 3.77. The predicted octanol–water partition coefficient (Wildman–Crippen LogP) is 1.74. The fourth-order valence-electron chi connectivity index (χ4n) is 1.65. The second-order valence-corrected chi connectivity index (χ2v) is 4.12. The molecule has 4 N–H and O–H groups in total. The van der Waals surface area contributed by atoms with Crippen molar-refractivity contribution in [3.05, 3.63) is 53.2 Å². The van der Waals surface area contributed by atoms with Gasteiger partial charge in [-0.3, -0.25) is 4.79 Å². The average molecular weight is 257 g/mol. The van der Waals surface area contributed by atoms with E-state index in [1.165, 1.54) is 0 Å². The minimum absolute atomic E-state index is 0.210. The van der Waals surface area contributed by atoms with Gasteiger partial charge in [-0.05, 0) is 36.8 Å². The topological polar surface area (TPSA) is 91.2 Å². The molecule has 1 amide bonds. The number of rotatable bonds is 4. The number of carbonyl (C=O) groups is 1. The first-order valence-corrected chi connectivity index (χ1v) is 5.84. The zero-order valence-electron chi connectivity index (χ0n) is 10.6. The summed E-state index contributed by atoms with van der Waals surface area (Å²) in [5.41, 5.74) is 12.8. The molecule has 0 atom stereocenters. The molecule has 0 fully saturated rings. The highest BCUT2D eigenvalue weighted by Gasteiger charge is 2.12. The van der Waals surface area contributed by atoms with Crippen molar-refractivity contribution in [2.75, 3.05) is 0 Å². The molecule has 98 valence electrons. The summed E-state index contributed by atoms with van der Waals surface area (Å²) in [6.45, 7) is 2.23. The van der Waals surface area contributed by atoms with Crippen LogP contribution in [0, 0.1) is 6.92 Å². The lowest BCUT2D eigenvalue weighted by molar-refractivity contribution is 0.0997. The van der Waals surface area contributed by atoms with Crippen molar-refractivity contribution in [2.24, 2.45) is 11.5 Å². The van der Waals surface area contributed by atoms with Gasteiger partial charge in [0, 0.05) is 12.2 Å². The molecule has 0 bridgehead atoms. The molecule has 0 saturated carbocycles. The molecule has 1 heterocycles. The number of nitrogens with two attached hydrogens (primary N) is 2. The van der Waals surface area contributed by atoms with Crippen LogP contribution >= 0.6 is 0 Å². The quantitative estimate of drug-likeness (QED) is 0.872. The second-order valence-electron chi connectivity index (χ2n) is 4.12. The first-order chi connectivity index (χ1) is 9.10. The first kappa shape index (κ1) is 13.0.